The van der Waals surface area contributed by atoms with Gasteiger partial charge in [-0.3, -0.25) is 19.8 Å². The summed E-state index contributed by atoms with van der Waals surface area (Å²) in [6.45, 7) is 3.42. The molecule has 2 aromatic carbocycles. The number of piperazine rings is 1. The van der Waals surface area contributed by atoms with Crippen LogP contribution in [0.4, 0.5) is 5.69 Å². The molecule has 0 aliphatic carbocycles. The molecule has 1 fully saturated rings. The van der Waals surface area contributed by atoms with Crippen LogP contribution >= 0.6 is 23.2 Å². The first-order valence-electron chi connectivity index (χ1n) is 8.14. The number of carbonyl (C=O) groups is 1. The summed E-state index contributed by atoms with van der Waals surface area (Å²) >= 11 is 11.7. The van der Waals surface area contributed by atoms with Crippen LogP contribution in [0.3, 0.4) is 0 Å². The van der Waals surface area contributed by atoms with E-state index in [2.05, 4.69) is 4.90 Å². The van der Waals surface area contributed by atoms with E-state index < -0.39 is 4.92 Å². The van der Waals surface area contributed by atoms with E-state index in [9.17, 15) is 14.9 Å². The number of amides is 1. The van der Waals surface area contributed by atoms with E-state index in [1.54, 1.807) is 4.90 Å². The van der Waals surface area contributed by atoms with Crippen LogP contribution in [0.2, 0.25) is 10.0 Å². The Hall–Kier alpha value is -2.15. The molecule has 136 valence electrons. The molecular weight excluding hydrogens is 377 g/mol. The lowest BCUT2D eigenvalue weighted by Gasteiger charge is -2.34. The summed E-state index contributed by atoms with van der Waals surface area (Å²) in [5.41, 5.74) is 1.20. The van der Waals surface area contributed by atoms with Crippen molar-refractivity contribution in [2.24, 2.45) is 0 Å². The van der Waals surface area contributed by atoms with Gasteiger partial charge in [-0.05, 0) is 29.8 Å². The third-order valence-corrected chi connectivity index (χ3v) is 4.94. The summed E-state index contributed by atoms with van der Waals surface area (Å²) in [5.74, 6) is -0.212. The predicted octanol–water partition coefficient (Wildman–Crippen LogP) is 3.86. The van der Waals surface area contributed by atoms with Crippen molar-refractivity contribution in [3.05, 3.63) is 73.8 Å². The van der Waals surface area contributed by atoms with Crippen LogP contribution in [0, 0.1) is 10.1 Å². The summed E-state index contributed by atoms with van der Waals surface area (Å²) in [4.78, 5) is 27.0. The molecule has 26 heavy (non-hydrogen) atoms. The Morgan fingerprint density at radius 1 is 1.04 bits per heavy atom. The van der Waals surface area contributed by atoms with Crippen LogP contribution in [0.25, 0.3) is 0 Å². The van der Waals surface area contributed by atoms with Gasteiger partial charge in [-0.2, -0.15) is 0 Å². The minimum absolute atomic E-state index is 0.0272. The lowest BCUT2D eigenvalue weighted by molar-refractivity contribution is -0.384. The number of nitrogens with zero attached hydrogens (tertiary/aromatic N) is 3. The average molecular weight is 394 g/mol. The van der Waals surface area contributed by atoms with Gasteiger partial charge in [0.25, 0.3) is 11.6 Å². The quantitative estimate of drug-likeness (QED) is 0.584. The molecule has 0 unspecified atom stereocenters. The van der Waals surface area contributed by atoms with Gasteiger partial charge in [-0.1, -0.05) is 35.3 Å². The first-order chi connectivity index (χ1) is 12.4. The predicted molar refractivity (Wildman–Crippen MR) is 101 cm³/mol. The van der Waals surface area contributed by atoms with Gasteiger partial charge < -0.3 is 4.90 Å². The van der Waals surface area contributed by atoms with Crippen molar-refractivity contribution in [2.45, 2.75) is 6.54 Å². The molecule has 8 heteroatoms. The highest BCUT2D eigenvalue weighted by Crippen LogP contribution is 2.26. The topological polar surface area (TPSA) is 66.7 Å². The molecule has 1 aliphatic heterocycles. The normalized spacial score (nSPS) is 15.1. The molecule has 6 nitrogen and oxygen atoms in total. The minimum Gasteiger partial charge on any atom is -0.336 e. The van der Waals surface area contributed by atoms with Crippen molar-refractivity contribution in [3.63, 3.8) is 0 Å². The van der Waals surface area contributed by atoms with Gasteiger partial charge in [0.2, 0.25) is 0 Å². The SMILES string of the molecule is O=C(c1ccc(Cl)c([N+](=O)[O-])c1)N1CCN(Cc2ccc(Cl)cc2)CC1. The van der Waals surface area contributed by atoms with Gasteiger partial charge in [0, 0.05) is 49.4 Å². The van der Waals surface area contributed by atoms with Crippen molar-refractivity contribution in [3.8, 4) is 0 Å². The molecule has 0 bridgehead atoms. The van der Waals surface area contributed by atoms with Crippen LogP contribution in [0.15, 0.2) is 42.5 Å². The zero-order valence-electron chi connectivity index (χ0n) is 13.9. The van der Waals surface area contributed by atoms with Gasteiger partial charge in [-0.25, -0.2) is 0 Å². The smallest absolute Gasteiger partial charge is 0.288 e. The van der Waals surface area contributed by atoms with E-state index in [0.29, 0.717) is 18.1 Å². The maximum atomic E-state index is 12.6. The van der Waals surface area contributed by atoms with Crippen molar-refractivity contribution < 1.29 is 9.72 Å². The molecule has 1 aliphatic rings. The van der Waals surface area contributed by atoms with Gasteiger partial charge in [0.15, 0.2) is 0 Å². The zero-order chi connectivity index (χ0) is 18.7. The van der Waals surface area contributed by atoms with Crippen LogP contribution in [-0.2, 0) is 6.54 Å². The molecule has 0 atom stereocenters. The van der Waals surface area contributed by atoms with Crippen molar-refractivity contribution in [2.75, 3.05) is 26.2 Å². The largest absolute Gasteiger partial charge is 0.336 e. The minimum atomic E-state index is -0.580. The second kappa shape index (κ2) is 8.03. The Balaban J connectivity index is 1.61. The molecule has 0 radical (unpaired) electrons. The molecule has 0 spiro atoms. The van der Waals surface area contributed by atoms with Gasteiger partial charge in [0.1, 0.15) is 5.02 Å². The van der Waals surface area contributed by atoms with Gasteiger partial charge >= 0.3 is 0 Å². The van der Waals surface area contributed by atoms with E-state index >= 15 is 0 Å². The molecule has 3 rings (SSSR count). The third kappa shape index (κ3) is 4.33. The molecular formula is C18H17Cl2N3O3. The fourth-order valence-corrected chi connectivity index (χ4v) is 3.24. The maximum Gasteiger partial charge on any atom is 0.288 e. The number of hydrogen-bond donors (Lipinski definition) is 0. The Morgan fingerprint density at radius 3 is 2.31 bits per heavy atom. The second-order valence-corrected chi connectivity index (χ2v) is 6.96. The number of carbonyl (C=O) groups excluding carboxylic acids is 1. The molecule has 1 heterocycles. The van der Waals surface area contributed by atoms with Crippen LogP contribution in [0.1, 0.15) is 15.9 Å². The number of halogens is 2. The molecule has 1 amide bonds. The summed E-state index contributed by atoms with van der Waals surface area (Å²) in [6.07, 6.45) is 0. The van der Waals surface area contributed by atoms with Crippen molar-refractivity contribution in [1.29, 1.82) is 0 Å². The molecule has 2 aromatic rings. The van der Waals surface area contributed by atoms with Crippen LogP contribution in [0.5, 0.6) is 0 Å². The lowest BCUT2D eigenvalue weighted by Crippen LogP contribution is -2.48. The summed E-state index contributed by atoms with van der Waals surface area (Å²) in [7, 11) is 0. The first-order valence-corrected chi connectivity index (χ1v) is 8.89. The Labute approximate surface area is 161 Å². The van der Waals surface area contributed by atoms with Crippen LogP contribution in [-0.4, -0.2) is 46.8 Å². The van der Waals surface area contributed by atoms with Crippen molar-refractivity contribution >= 4 is 34.8 Å². The van der Waals surface area contributed by atoms with Gasteiger partial charge in [0.05, 0.1) is 4.92 Å². The molecule has 1 saturated heterocycles. The maximum absolute atomic E-state index is 12.6. The monoisotopic (exact) mass is 393 g/mol. The third-order valence-electron chi connectivity index (χ3n) is 4.37. The standard InChI is InChI=1S/C18H17Cl2N3O3/c19-15-4-1-13(2-5-15)12-21-7-9-22(10-8-21)18(24)14-3-6-16(20)17(11-14)23(25)26/h1-6,11H,7-10,12H2. The molecule has 0 saturated carbocycles. The molecule has 0 N–H and O–H groups in total. The highest BCUT2D eigenvalue weighted by atomic mass is 35.5. The summed E-state index contributed by atoms with van der Waals surface area (Å²) in [5, 5.41) is 11.7. The number of nitro groups is 1. The zero-order valence-corrected chi connectivity index (χ0v) is 15.4. The van der Waals surface area contributed by atoms with E-state index in [4.69, 9.17) is 23.2 Å². The van der Waals surface area contributed by atoms with E-state index in [1.807, 2.05) is 24.3 Å². The second-order valence-electron chi connectivity index (χ2n) is 6.12. The van der Waals surface area contributed by atoms with E-state index in [-0.39, 0.29) is 22.2 Å². The first kappa shape index (κ1) is 18.6. The van der Waals surface area contributed by atoms with E-state index in [0.717, 1.165) is 19.6 Å². The average Bonchev–Trinajstić information content (AvgIpc) is 2.64. The van der Waals surface area contributed by atoms with Crippen LogP contribution < -0.4 is 0 Å². The lowest BCUT2D eigenvalue weighted by atomic mass is 10.1. The Morgan fingerprint density at radius 2 is 1.69 bits per heavy atom. The summed E-state index contributed by atoms with van der Waals surface area (Å²) < 4.78 is 0. The summed E-state index contributed by atoms with van der Waals surface area (Å²) in [6, 6.07) is 11.9. The fraction of sp³-hybridized carbons (Fsp3) is 0.278. The van der Waals surface area contributed by atoms with Gasteiger partial charge in [-0.15, -0.1) is 0 Å². The highest BCUT2D eigenvalue weighted by Gasteiger charge is 2.24. The molecule has 0 aromatic heterocycles. The Bertz CT molecular complexity index is 819. The Kier molecular flexibility index (Phi) is 5.76. The number of nitro benzene ring substituents is 1. The number of benzene rings is 2. The number of rotatable bonds is 4. The highest BCUT2D eigenvalue weighted by molar-refractivity contribution is 6.32. The van der Waals surface area contributed by atoms with E-state index in [1.165, 1.54) is 23.8 Å². The number of hydrogen-bond acceptors (Lipinski definition) is 4. The fourth-order valence-electron chi connectivity index (χ4n) is 2.93. The van der Waals surface area contributed by atoms with Crippen molar-refractivity contribution in [1.82, 2.24) is 9.80 Å².